The summed E-state index contributed by atoms with van der Waals surface area (Å²) in [6.45, 7) is 0. The van der Waals surface area contributed by atoms with Gasteiger partial charge in [0.1, 0.15) is 17.6 Å². The highest BCUT2D eigenvalue weighted by molar-refractivity contribution is 6.32. The van der Waals surface area contributed by atoms with Crippen molar-refractivity contribution in [3.63, 3.8) is 0 Å². The number of nitrogens with one attached hydrogen (secondary N) is 1. The number of furan rings is 1. The number of hydrogen-bond donors (Lipinski definition) is 3. The minimum atomic E-state index is -2.01. The summed E-state index contributed by atoms with van der Waals surface area (Å²) in [5.41, 5.74) is 2.26. The molecule has 3 N–H and O–H groups in total. The fraction of sp³-hybridized carbons (Fsp3) is 0.211. The van der Waals surface area contributed by atoms with E-state index in [1.807, 2.05) is 30.3 Å². The highest BCUT2D eigenvalue weighted by Crippen LogP contribution is 2.22. The van der Waals surface area contributed by atoms with Crippen LogP contribution in [0.1, 0.15) is 11.1 Å². The summed E-state index contributed by atoms with van der Waals surface area (Å²) in [4.78, 5) is 12.4. The Kier molecular flexibility index (Phi) is 6.13. The zero-order chi connectivity index (χ0) is 19.2. The number of carbonyl (C=O) groups is 1. The lowest BCUT2D eigenvalue weighted by Crippen LogP contribution is -2.43. The molecule has 1 heterocycles. The van der Waals surface area contributed by atoms with Crippen LogP contribution in [-0.4, -0.2) is 36.6 Å². The second-order valence-corrected chi connectivity index (χ2v) is 6.01. The molecule has 0 bridgehead atoms. The van der Waals surface area contributed by atoms with Crippen LogP contribution >= 0.6 is 0 Å². The van der Waals surface area contributed by atoms with Gasteiger partial charge in [-0.05, 0) is 23.8 Å². The fourth-order valence-corrected chi connectivity index (χ4v) is 2.87. The molecule has 0 spiro atoms. The first-order valence-corrected chi connectivity index (χ1v) is 8.44. The van der Waals surface area contributed by atoms with Crippen LogP contribution in [0.3, 0.4) is 0 Å². The van der Waals surface area contributed by atoms with Crippen LogP contribution in [0.15, 0.2) is 59.2 Å². The third-order valence-corrected chi connectivity index (χ3v) is 4.07. The SMILES string of the molecule is COc1cccc(CC(=O)N[C@@H](Cc2coc3ccccc23)OB(O)O)c1. The summed E-state index contributed by atoms with van der Waals surface area (Å²) >= 11 is 0. The average molecular weight is 369 g/mol. The van der Waals surface area contributed by atoms with Gasteiger partial charge in [0.05, 0.1) is 19.8 Å². The highest BCUT2D eigenvalue weighted by atomic mass is 16.6. The number of ether oxygens (including phenoxy) is 1. The molecule has 7 nitrogen and oxygen atoms in total. The van der Waals surface area contributed by atoms with Gasteiger partial charge in [0, 0.05) is 17.4 Å². The van der Waals surface area contributed by atoms with E-state index >= 15 is 0 Å². The van der Waals surface area contributed by atoms with Crippen molar-refractivity contribution in [2.75, 3.05) is 7.11 Å². The second-order valence-electron chi connectivity index (χ2n) is 6.01. The van der Waals surface area contributed by atoms with E-state index in [0.29, 0.717) is 11.3 Å². The van der Waals surface area contributed by atoms with Crippen molar-refractivity contribution in [1.82, 2.24) is 5.32 Å². The topological polar surface area (TPSA) is 101 Å². The Labute approximate surface area is 156 Å². The average Bonchev–Trinajstić information content (AvgIpc) is 3.04. The number of benzene rings is 2. The van der Waals surface area contributed by atoms with E-state index in [1.54, 1.807) is 31.6 Å². The maximum Gasteiger partial charge on any atom is 0.635 e. The van der Waals surface area contributed by atoms with Crippen LogP contribution < -0.4 is 10.1 Å². The summed E-state index contributed by atoms with van der Waals surface area (Å²) in [5, 5.41) is 21.9. The number of carbonyl (C=O) groups excluding carboxylic acids is 1. The second kappa shape index (κ2) is 8.72. The first-order valence-electron chi connectivity index (χ1n) is 8.44. The van der Waals surface area contributed by atoms with Crippen molar-refractivity contribution >= 4 is 24.2 Å². The van der Waals surface area contributed by atoms with Crippen LogP contribution in [0.5, 0.6) is 5.75 Å². The molecule has 0 radical (unpaired) electrons. The molecule has 27 heavy (non-hydrogen) atoms. The molecule has 140 valence electrons. The summed E-state index contributed by atoms with van der Waals surface area (Å²) in [6.07, 6.45) is 0.964. The summed E-state index contributed by atoms with van der Waals surface area (Å²) in [6, 6.07) is 14.6. The Morgan fingerprint density at radius 1 is 1.22 bits per heavy atom. The van der Waals surface area contributed by atoms with Crippen LogP contribution in [0.2, 0.25) is 0 Å². The predicted octanol–water partition coefficient (Wildman–Crippen LogP) is 1.66. The van der Waals surface area contributed by atoms with Crippen LogP contribution in [0, 0.1) is 0 Å². The molecule has 8 heteroatoms. The van der Waals surface area contributed by atoms with Gasteiger partial charge in [-0.2, -0.15) is 0 Å². The maximum absolute atomic E-state index is 12.4. The predicted molar refractivity (Wildman–Crippen MR) is 99.8 cm³/mol. The van der Waals surface area contributed by atoms with Crippen molar-refractivity contribution in [3.05, 3.63) is 65.9 Å². The molecular weight excluding hydrogens is 349 g/mol. The van der Waals surface area contributed by atoms with Gasteiger partial charge in [-0.25, -0.2) is 0 Å². The molecule has 1 aromatic heterocycles. The Bertz CT molecular complexity index is 910. The summed E-state index contributed by atoms with van der Waals surface area (Å²) in [7, 11) is -0.453. The van der Waals surface area contributed by atoms with E-state index in [0.717, 1.165) is 16.5 Å². The van der Waals surface area contributed by atoms with Gasteiger partial charge >= 0.3 is 7.32 Å². The molecule has 0 aliphatic heterocycles. The van der Waals surface area contributed by atoms with Gasteiger partial charge in [-0.1, -0.05) is 30.3 Å². The number of para-hydroxylation sites is 1. The smallest absolute Gasteiger partial charge is 0.497 e. The molecule has 0 saturated carbocycles. The normalized spacial score (nSPS) is 12.0. The molecule has 3 rings (SSSR count). The van der Waals surface area contributed by atoms with Gasteiger partial charge < -0.3 is 29.2 Å². The van der Waals surface area contributed by atoms with E-state index in [2.05, 4.69) is 5.32 Å². The van der Waals surface area contributed by atoms with Crippen molar-refractivity contribution in [2.45, 2.75) is 19.1 Å². The van der Waals surface area contributed by atoms with Crippen LogP contribution in [0.25, 0.3) is 11.0 Å². The van der Waals surface area contributed by atoms with Crippen molar-refractivity contribution in [1.29, 1.82) is 0 Å². The fourth-order valence-electron chi connectivity index (χ4n) is 2.87. The zero-order valence-electron chi connectivity index (χ0n) is 14.8. The standard InChI is InChI=1S/C19H20BNO6/c1-25-15-6-4-5-13(9-15)10-18(22)21-19(27-20(23)24)11-14-12-26-17-8-3-2-7-16(14)17/h2-9,12,19,23-24H,10-11H2,1H3,(H,21,22)/t19-/m1/s1. The Balaban J connectivity index is 1.69. The van der Waals surface area contributed by atoms with Crippen LogP contribution in [0.4, 0.5) is 0 Å². The van der Waals surface area contributed by atoms with Gasteiger partial charge in [-0.3, -0.25) is 4.79 Å². The number of fused-ring (bicyclic) bond motifs is 1. The molecule has 1 atom stereocenters. The lowest BCUT2D eigenvalue weighted by molar-refractivity contribution is -0.123. The van der Waals surface area contributed by atoms with Gasteiger partial charge in [0.2, 0.25) is 5.91 Å². The van der Waals surface area contributed by atoms with E-state index in [4.69, 9.17) is 13.8 Å². The van der Waals surface area contributed by atoms with Crippen molar-refractivity contribution < 1.29 is 28.7 Å². The van der Waals surface area contributed by atoms with E-state index < -0.39 is 13.5 Å². The minimum Gasteiger partial charge on any atom is -0.497 e. The molecule has 3 aromatic rings. The molecule has 0 aliphatic carbocycles. The van der Waals surface area contributed by atoms with Gasteiger partial charge in [0.15, 0.2) is 0 Å². The lowest BCUT2D eigenvalue weighted by Gasteiger charge is -2.19. The third-order valence-electron chi connectivity index (χ3n) is 4.07. The Hall–Kier alpha value is -2.81. The minimum absolute atomic E-state index is 0.102. The lowest BCUT2D eigenvalue weighted by atomic mass is 10.1. The van der Waals surface area contributed by atoms with E-state index in [1.165, 1.54) is 0 Å². The quantitative estimate of drug-likeness (QED) is 0.412. The largest absolute Gasteiger partial charge is 0.635 e. The number of rotatable bonds is 8. The zero-order valence-corrected chi connectivity index (χ0v) is 14.8. The van der Waals surface area contributed by atoms with Crippen molar-refractivity contribution in [3.8, 4) is 5.75 Å². The Morgan fingerprint density at radius 2 is 2.04 bits per heavy atom. The van der Waals surface area contributed by atoms with Crippen LogP contribution in [-0.2, 0) is 22.3 Å². The molecule has 0 fully saturated rings. The molecule has 0 unspecified atom stereocenters. The number of hydrogen-bond acceptors (Lipinski definition) is 6. The first kappa shape index (κ1) is 19.0. The van der Waals surface area contributed by atoms with E-state index in [-0.39, 0.29) is 18.7 Å². The molecule has 0 aliphatic rings. The molecule has 1 amide bonds. The van der Waals surface area contributed by atoms with E-state index in [9.17, 15) is 14.8 Å². The number of amides is 1. The van der Waals surface area contributed by atoms with Gasteiger partial charge in [-0.15, -0.1) is 0 Å². The van der Waals surface area contributed by atoms with Gasteiger partial charge in [0.25, 0.3) is 0 Å². The number of methoxy groups -OCH3 is 1. The molecule has 0 saturated heterocycles. The third kappa shape index (κ3) is 5.10. The molecular formula is C19H20BNO6. The first-order chi connectivity index (χ1) is 13.0. The Morgan fingerprint density at radius 3 is 2.81 bits per heavy atom. The highest BCUT2D eigenvalue weighted by Gasteiger charge is 2.22. The molecule has 2 aromatic carbocycles. The van der Waals surface area contributed by atoms with Crippen molar-refractivity contribution in [2.24, 2.45) is 0 Å². The summed E-state index contributed by atoms with van der Waals surface area (Å²) < 4.78 is 15.7. The summed E-state index contributed by atoms with van der Waals surface area (Å²) in [5.74, 6) is 0.338. The monoisotopic (exact) mass is 369 g/mol. The maximum atomic E-state index is 12.4.